The minimum atomic E-state index is -0.317. The summed E-state index contributed by atoms with van der Waals surface area (Å²) in [6.07, 6.45) is 6.03. The average molecular weight is 328 g/mol. The van der Waals surface area contributed by atoms with Crippen LogP contribution in [0.2, 0.25) is 0 Å². The Morgan fingerprint density at radius 2 is 1.96 bits per heavy atom. The molecule has 0 fully saturated rings. The van der Waals surface area contributed by atoms with E-state index in [2.05, 4.69) is 43.9 Å². The first-order chi connectivity index (χ1) is 11.4. The van der Waals surface area contributed by atoms with E-state index in [1.807, 2.05) is 24.3 Å². The fraction of sp³-hybridized carbons (Fsp3) is 0.450. The largest absolute Gasteiger partial charge is 0.498 e. The number of allylic oxidation sites excluding steroid dienone is 4. The van der Waals surface area contributed by atoms with Gasteiger partial charge in [-0.05, 0) is 63.2 Å². The standard InChI is InChI=1S/C20H25FN2O/c1-15-17(6-5-11-23(3)4)12-16(14-22-24)13-20(15,2)18-7-9-19(21)10-8-18/h7-10,12-13,15H,5-6,11H2,1-4H3. The maximum Gasteiger partial charge on any atom is 0.336 e. The van der Waals surface area contributed by atoms with Crippen LogP contribution in [0.1, 0.15) is 32.3 Å². The van der Waals surface area contributed by atoms with Gasteiger partial charge in [-0.1, -0.05) is 37.6 Å². The van der Waals surface area contributed by atoms with Crippen LogP contribution in [0.4, 0.5) is 4.39 Å². The summed E-state index contributed by atoms with van der Waals surface area (Å²) in [5, 5.41) is 13.5. The molecule has 0 aliphatic heterocycles. The highest BCUT2D eigenvalue weighted by Gasteiger charge is 2.36. The summed E-state index contributed by atoms with van der Waals surface area (Å²) in [6, 6.07) is 9.14. The maximum absolute atomic E-state index is 13.3. The highest BCUT2D eigenvalue weighted by Crippen LogP contribution is 2.43. The van der Waals surface area contributed by atoms with Gasteiger partial charge < -0.3 is 10.1 Å². The van der Waals surface area contributed by atoms with Crippen LogP contribution in [0, 0.1) is 23.0 Å². The number of hydrogen-bond donors (Lipinski definition) is 0. The van der Waals surface area contributed by atoms with Crippen molar-refractivity contribution in [2.45, 2.75) is 32.1 Å². The Morgan fingerprint density at radius 1 is 1.29 bits per heavy atom. The third-order valence-electron chi connectivity index (χ3n) is 4.96. The van der Waals surface area contributed by atoms with E-state index in [4.69, 9.17) is 0 Å². The molecule has 1 aromatic carbocycles. The molecule has 1 aromatic rings. The number of hydrogen-bond acceptors (Lipinski definition) is 2. The lowest BCUT2D eigenvalue weighted by Crippen LogP contribution is -2.32. The van der Waals surface area contributed by atoms with Crippen molar-refractivity contribution in [2.75, 3.05) is 20.6 Å². The van der Waals surface area contributed by atoms with Gasteiger partial charge in [-0.2, -0.15) is 0 Å². The summed E-state index contributed by atoms with van der Waals surface area (Å²) in [5.41, 5.74) is 2.69. The first kappa shape index (κ1) is 18.2. The van der Waals surface area contributed by atoms with Gasteiger partial charge in [0.25, 0.3) is 0 Å². The molecule has 0 saturated heterocycles. The van der Waals surface area contributed by atoms with Crippen LogP contribution in [0.3, 0.4) is 0 Å². The van der Waals surface area contributed by atoms with Gasteiger partial charge in [-0.15, -0.1) is 0 Å². The van der Waals surface area contributed by atoms with Gasteiger partial charge in [0.15, 0.2) is 0 Å². The zero-order valence-electron chi connectivity index (χ0n) is 14.8. The van der Waals surface area contributed by atoms with Gasteiger partial charge in [0, 0.05) is 10.4 Å². The molecule has 4 heteroatoms. The molecule has 0 aromatic heterocycles. The third kappa shape index (κ3) is 4.04. The number of rotatable bonds is 5. The van der Waals surface area contributed by atoms with Crippen LogP contribution < -0.4 is 0 Å². The number of benzene rings is 1. The molecule has 2 unspecified atom stereocenters. The highest BCUT2D eigenvalue weighted by molar-refractivity contribution is 5.49. The Bertz CT molecular complexity index is 695. The van der Waals surface area contributed by atoms with Gasteiger partial charge in [-0.25, -0.2) is 4.39 Å². The molecule has 3 nitrogen and oxygen atoms in total. The lowest BCUT2D eigenvalue weighted by molar-refractivity contribution is 0.381. The minimum absolute atomic E-state index is 0.246. The molecular formula is C20H25FN2O. The van der Waals surface area contributed by atoms with Gasteiger partial charge >= 0.3 is 6.07 Å². The van der Waals surface area contributed by atoms with Gasteiger partial charge in [-0.3, -0.25) is 0 Å². The molecule has 0 spiro atoms. The van der Waals surface area contributed by atoms with E-state index in [9.17, 15) is 9.60 Å². The van der Waals surface area contributed by atoms with Crippen molar-refractivity contribution in [3.05, 3.63) is 69.2 Å². The van der Waals surface area contributed by atoms with E-state index >= 15 is 0 Å². The zero-order valence-corrected chi connectivity index (χ0v) is 14.8. The molecule has 2 atom stereocenters. The van der Waals surface area contributed by atoms with Crippen molar-refractivity contribution in [2.24, 2.45) is 5.92 Å². The molecule has 0 bridgehead atoms. The van der Waals surface area contributed by atoms with Gasteiger partial charge in [0.2, 0.25) is 0 Å². The quantitative estimate of drug-likeness (QED) is 0.730. The summed E-state index contributed by atoms with van der Waals surface area (Å²) in [7, 11) is 4.12. The Morgan fingerprint density at radius 3 is 2.54 bits per heavy atom. The van der Waals surface area contributed by atoms with E-state index in [-0.39, 0.29) is 17.2 Å². The average Bonchev–Trinajstić information content (AvgIpc) is 2.52. The summed E-state index contributed by atoms with van der Waals surface area (Å²) < 4.78 is 13.3. The Hall–Kier alpha value is -2.12. The molecular weight excluding hydrogens is 303 g/mol. The van der Waals surface area contributed by atoms with Crippen LogP contribution in [0.5, 0.6) is 0 Å². The first-order valence-electron chi connectivity index (χ1n) is 8.29. The fourth-order valence-corrected chi connectivity index (χ4v) is 3.35. The van der Waals surface area contributed by atoms with Crippen LogP contribution in [-0.4, -0.2) is 25.5 Å². The Balaban J connectivity index is 2.35. The normalized spacial score (nSPS) is 23.3. The number of nitrogens with zero attached hydrogens (tertiary/aromatic N) is 2. The van der Waals surface area contributed by atoms with Gasteiger partial charge in [0.05, 0.1) is 0 Å². The van der Waals surface area contributed by atoms with Crippen LogP contribution in [0.15, 0.2) is 47.6 Å². The summed E-state index contributed by atoms with van der Waals surface area (Å²) in [4.78, 5) is 2.16. The lowest BCUT2D eigenvalue weighted by atomic mass is 9.65. The molecule has 2 rings (SSSR count). The molecule has 1 aliphatic carbocycles. The molecule has 128 valence electrons. The lowest BCUT2D eigenvalue weighted by Gasteiger charge is -2.38. The molecule has 0 N–H and O–H groups in total. The molecule has 0 radical (unpaired) electrons. The second kappa shape index (κ2) is 7.63. The van der Waals surface area contributed by atoms with Crippen molar-refractivity contribution in [1.82, 2.24) is 4.90 Å². The predicted octanol–water partition coefficient (Wildman–Crippen LogP) is 4.76. The molecule has 0 amide bonds. The van der Waals surface area contributed by atoms with Crippen LogP contribution >= 0.6 is 0 Å². The van der Waals surface area contributed by atoms with Crippen LogP contribution in [0.25, 0.3) is 5.01 Å². The topological polar surface area (TPSA) is 30.7 Å². The Labute approximate surface area is 143 Å². The smallest absolute Gasteiger partial charge is 0.336 e. The monoisotopic (exact) mass is 328 g/mol. The summed E-state index contributed by atoms with van der Waals surface area (Å²) in [6.45, 7) is 5.32. The van der Waals surface area contributed by atoms with E-state index in [0.717, 1.165) is 24.9 Å². The van der Waals surface area contributed by atoms with E-state index in [1.165, 1.54) is 17.7 Å². The maximum atomic E-state index is 13.3. The van der Waals surface area contributed by atoms with Crippen molar-refractivity contribution in [3.63, 3.8) is 0 Å². The first-order valence-corrected chi connectivity index (χ1v) is 8.29. The third-order valence-corrected chi connectivity index (χ3v) is 4.96. The molecule has 0 heterocycles. The summed E-state index contributed by atoms with van der Waals surface area (Å²) in [5.74, 6) is 0.00627. The molecule has 1 aliphatic rings. The van der Waals surface area contributed by atoms with E-state index in [1.54, 1.807) is 0 Å². The van der Waals surface area contributed by atoms with Crippen molar-refractivity contribution < 1.29 is 4.39 Å². The van der Waals surface area contributed by atoms with E-state index in [0.29, 0.717) is 5.57 Å². The fourth-order valence-electron chi connectivity index (χ4n) is 3.35. The molecule has 0 saturated carbocycles. The van der Waals surface area contributed by atoms with Crippen molar-refractivity contribution >= 4 is 0 Å². The molecule has 24 heavy (non-hydrogen) atoms. The second-order valence-electron chi connectivity index (χ2n) is 6.94. The number of halogens is 1. The summed E-state index contributed by atoms with van der Waals surface area (Å²) >= 11 is 0. The highest BCUT2D eigenvalue weighted by atomic mass is 19.1. The second-order valence-corrected chi connectivity index (χ2v) is 6.94. The van der Waals surface area contributed by atoms with Crippen molar-refractivity contribution in [1.29, 1.82) is 0 Å². The SMILES string of the molecule is CC1C(CCCN(C)C)=CC(C#[N+][O-])=CC1(C)c1ccc(F)cc1. The van der Waals surface area contributed by atoms with E-state index < -0.39 is 0 Å². The minimum Gasteiger partial charge on any atom is -0.498 e. The van der Waals surface area contributed by atoms with Crippen LogP contribution in [-0.2, 0) is 5.41 Å². The zero-order chi connectivity index (χ0) is 17.7. The Kier molecular flexibility index (Phi) is 5.80. The predicted molar refractivity (Wildman–Crippen MR) is 97.5 cm³/mol. The van der Waals surface area contributed by atoms with Gasteiger partial charge in [0.1, 0.15) is 11.4 Å². The van der Waals surface area contributed by atoms with Crippen molar-refractivity contribution in [3.8, 4) is 6.07 Å².